The number of hydrogen-bond donors (Lipinski definition) is 1. The summed E-state index contributed by atoms with van der Waals surface area (Å²) in [6.07, 6.45) is 0.998. The van der Waals surface area contributed by atoms with Gasteiger partial charge in [-0.3, -0.25) is 0 Å². The van der Waals surface area contributed by atoms with Gasteiger partial charge in [0, 0.05) is 22.1 Å². The highest BCUT2D eigenvalue weighted by molar-refractivity contribution is 8.00. The third-order valence-corrected chi connectivity index (χ3v) is 5.42. The smallest absolute Gasteiger partial charge is 0.330 e. The Bertz CT molecular complexity index is 577. The number of hydrogen-bond acceptors (Lipinski definition) is 2. The maximum absolute atomic E-state index is 13.4. The summed E-state index contributed by atoms with van der Waals surface area (Å²) in [7, 11) is 0. The van der Waals surface area contributed by atoms with Crippen LogP contribution in [-0.4, -0.2) is 11.3 Å². The minimum absolute atomic E-state index is 0.199. The van der Waals surface area contributed by atoms with Crippen molar-refractivity contribution in [3.8, 4) is 0 Å². The Balaban J connectivity index is 2.25. The molecule has 0 saturated carbocycles. The zero-order chi connectivity index (χ0) is 16.4. The first-order chi connectivity index (χ1) is 10.3. The summed E-state index contributed by atoms with van der Waals surface area (Å²) in [5.41, 5.74) is 5.07. The summed E-state index contributed by atoms with van der Waals surface area (Å²) in [6, 6.07) is 5.01. The van der Waals surface area contributed by atoms with Crippen LogP contribution in [0.4, 0.5) is 17.6 Å². The molecule has 0 bridgehead atoms. The molecule has 6 heteroatoms. The first-order valence-corrected chi connectivity index (χ1v) is 7.75. The van der Waals surface area contributed by atoms with E-state index in [1.54, 1.807) is 6.08 Å². The van der Waals surface area contributed by atoms with Crippen LogP contribution in [-0.2, 0) is 6.18 Å². The first-order valence-electron chi connectivity index (χ1n) is 6.93. The van der Waals surface area contributed by atoms with Gasteiger partial charge in [-0.1, -0.05) is 13.0 Å². The second-order valence-electron chi connectivity index (χ2n) is 5.16. The van der Waals surface area contributed by atoms with E-state index in [0.717, 1.165) is 12.1 Å². The topological polar surface area (TPSA) is 26.0 Å². The van der Waals surface area contributed by atoms with Crippen LogP contribution in [0.1, 0.15) is 18.9 Å². The van der Waals surface area contributed by atoms with Gasteiger partial charge in [0.05, 0.1) is 5.56 Å². The average molecular weight is 331 g/mol. The van der Waals surface area contributed by atoms with Crippen LogP contribution in [0.5, 0.6) is 0 Å². The molecule has 120 valence electrons. The molecule has 0 spiro atoms. The first kappa shape index (κ1) is 17.1. The molecule has 1 aliphatic carbocycles. The van der Waals surface area contributed by atoms with Crippen molar-refractivity contribution < 1.29 is 17.6 Å². The molecule has 1 aromatic carbocycles. The highest BCUT2D eigenvalue weighted by Crippen LogP contribution is 2.46. The van der Waals surface area contributed by atoms with E-state index in [2.05, 4.69) is 0 Å². The van der Waals surface area contributed by atoms with Gasteiger partial charge in [-0.2, -0.15) is 13.2 Å². The SMILES string of the molecule is CCC1(Sc2ccc(C(F)(F)F)cc2)C=CC(F)=CC1CN. The third kappa shape index (κ3) is 3.55. The van der Waals surface area contributed by atoms with Crippen LogP contribution in [0, 0.1) is 5.92 Å². The second-order valence-corrected chi connectivity index (χ2v) is 6.60. The molecule has 1 aromatic rings. The lowest BCUT2D eigenvalue weighted by Crippen LogP contribution is -2.37. The zero-order valence-corrected chi connectivity index (χ0v) is 12.8. The lowest BCUT2D eigenvalue weighted by atomic mass is 9.85. The monoisotopic (exact) mass is 331 g/mol. The second kappa shape index (κ2) is 6.46. The lowest BCUT2D eigenvalue weighted by Gasteiger charge is -2.37. The van der Waals surface area contributed by atoms with E-state index in [-0.39, 0.29) is 18.3 Å². The number of benzene rings is 1. The molecule has 22 heavy (non-hydrogen) atoms. The van der Waals surface area contributed by atoms with E-state index >= 15 is 0 Å². The van der Waals surface area contributed by atoms with Crippen molar-refractivity contribution in [1.29, 1.82) is 0 Å². The Hall–Kier alpha value is -1.27. The highest BCUT2D eigenvalue weighted by atomic mass is 32.2. The molecule has 1 nitrogen and oxygen atoms in total. The Kier molecular flexibility index (Phi) is 5.02. The quantitative estimate of drug-likeness (QED) is 0.791. The number of halogens is 4. The van der Waals surface area contributed by atoms with Crippen molar-refractivity contribution in [3.63, 3.8) is 0 Å². The van der Waals surface area contributed by atoms with Crippen LogP contribution in [0.25, 0.3) is 0 Å². The van der Waals surface area contributed by atoms with Crippen LogP contribution in [0.2, 0.25) is 0 Å². The van der Waals surface area contributed by atoms with E-state index in [9.17, 15) is 17.6 Å². The van der Waals surface area contributed by atoms with Gasteiger partial charge in [0.15, 0.2) is 0 Å². The standard InChI is InChI=1S/C16H17F4NS/c1-2-15(8-7-13(17)9-12(15)10-21)22-14-5-3-11(4-6-14)16(18,19)20/h3-9,12H,2,10,21H2,1H3. The van der Waals surface area contributed by atoms with E-state index in [0.29, 0.717) is 11.3 Å². The highest BCUT2D eigenvalue weighted by Gasteiger charge is 2.37. The maximum atomic E-state index is 13.4. The molecule has 0 fully saturated rings. The number of alkyl halides is 3. The zero-order valence-electron chi connectivity index (χ0n) is 12.0. The molecule has 0 saturated heterocycles. The fraction of sp³-hybridized carbons (Fsp3) is 0.375. The van der Waals surface area contributed by atoms with E-state index in [4.69, 9.17) is 5.73 Å². The number of thioether (sulfide) groups is 1. The Morgan fingerprint density at radius 3 is 2.36 bits per heavy atom. The summed E-state index contributed by atoms with van der Waals surface area (Å²) in [5.74, 6) is -0.526. The molecule has 0 amide bonds. The van der Waals surface area contributed by atoms with Gasteiger partial charge in [-0.05, 0) is 42.8 Å². The van der Waals surface area contributed by atoms with Gasteiger partial charge in [0.2, 0.25) is 0 Å². The van der Waals surface area contributed by atoms with Crippen molar-refractivity contribution in [1.82, 2.24) is 0 Å². The van der Waals surface area contributed by atoms with Gasteiger partial charge in [0.25, 0.3) is 0 Å². The summed E-state index contributed by atoms with van der Waals surface area (Å²) in [5, 5.41) is 0. The van der Waals surface area contributed by atoms with Gasteiger partial charge in [-0.25, -0.2) is 4.39 Å². The van der Waals surface area contributed by atoms with Crippen molar-refractivity contribution in [2.75, 3.05) is 6.54 Å². The predicted molar refractivity (Wildman–Crippen MR) is 81.2 cm³/mol. The largest absolute Gasteiger partial charge is 0.416 e. The summed E-state index contributed by atoms with van der Waals surface area (Å²) >= 11 is 1.42. The molecule has 0 heterocycles. The maximum Gasteiger partial charge on any atom is 0.416 e. The molecule has 2 unspecified atom stereocenters. The van der Waals surface area contributed by atoms with Crippen molar-refractivity contribution in [2.24, 2.45) is 11.7 Å². The van der Waals surface area contributed by atoms with Crippen LogP contribution in [0.15, 0.2) is 53.2 Å². The predicted octanol–water partition coefficient (Wildman–Crippen LogP) is 4.94. The lowest BCUT2D eigenvalue weighted by molar-refractivity contribution is -0.137. The molecular weight excluding hydrogens is 314 g/mol. The van der Waals surface area contributed by atoms with Crippen molar-refractivity contribution in [2.45, 2.75) is 29.2 Å². The fourth-order valence-corrected chi connectivity index (χ4v) is 3.80. The average Bonchev–Trinajstić information content (AvgIpc) is 2.48. The molecular formula is C16H17F4NS. The summed E-state index contributed by atoms with van der Waals surface area (Å²) < 4.78 is 50.8. The van der Waals surface area contributed by atoms with Crippen LogP contribution in [0.3, 0.4) is 0 Å². The Morgan fingerprint density at radius 2 is 1.86 bits per heavy atom. The van der Waals surface area contributed by atoms with E-state index < -0.39 is 16.5 Å². The van der Waals surface area contributed by atoms with Crippen LogP contribution < -0.4 is 5.73 Å². The molecule has 2 atom stereocenters. The molecule has 0 radical (unpaired) electrons. The number of allylic oxidation sites excluding steroid dienone is 2. The minimum atomic E-state index is -4.35. The van der Waals surface area contributed by atoms with Gasteiger partial charge < -0.3 is 5.73 Å². The Morgan fingerprint density at radius 1 is 1.23 bits per heavy atom. The van der Waals surface area contributed by atoms with Crippen molar-refractivity contribution >= 4 is 11.8 Å². The molecule has 2 rings (SSSR count). The fourth-order valence-electron chi connectivity index (χ4n) is 2.49. The van der Waals surface area contributed by atoms with Gasteiger partial charge in [-0.15, -0.1) is 11.8 Å². The summed E-state index contributed by atoms with van der Waals surface area (Å²) in [6.45, 7) is 2.24. The number of rotatable bonds is 4. The molecule has 0 aliphatic heterocycles. The minimum Gasteiger partial charge on any atom is -0.330 e. The summed E-state index contributed by atoms with van der Waals surface area (Å²) in [4.78, 5) is 0.702. The van der Waals surface area contributed by atoms with Gasteiger partial charge in [0.1, 0.15) is 5.83 Å². The number of nitrogens with two attached hydrogens (primary N) is 1. The Labute approximate surface area is 131 Å². The van der Waals surface area contributed by atoms with E-state index in [1.165, 1.54) is 36.0 Å². The van der Waals surface area contributed by atoms with E-state index in [1.807, 2.05) is 6.92 Å². The third-order valence-electron chi connectivity index (χ3n) is 3.81. The van der Waals surface area contributed by atoms with Gasteiger partial charge >= 0.3 is 6.18 Å². The van der Waals surface area contributed by atoms with Crippen molar-refractivity contribution in [3.05, 3.63) is 53.9 Å². The van der Waals surface area contributed by atoms with Crippen LogP contribution >= 0.6 is 11.8 Å². The molecule has 1 aliphatic rings. The normalized spacial score (nSPS) is 25.2. The molecule has 2 N–H and O–H groups in total. The molecule has 0 aromatic heterocycles.